The Hall–Kier alpha value is -2.67. The highest BCUT2D eigenvalue weighted by Gasteiger charge is 2.37. The minimum absolute atomic E-state index is 0.0649. The van der Waals surface area contributed by atoms with Gasteiger partial charge in [0.15, 0.2) is 11.5 Å². The van der Waals surface area contributed by atoms with Gasteiger partial charge in [0.25, 0.3) is 5.91 Å². The third kappa shape index (κ3) is 4.37. The molecule has 2 aromatic rings. The van der Waals surface area contributed by atoms with Gasteiger partial charge in [-0.15, -0.1) is 0 Å². The number of likely N-dealkylation sites (N-methyl/N-ethyl adjacent to an activating group) is 1. The zero-order valence-corrected chi connectivity index (χ0v) is 19.0. The van der Waals surface area contributed by atoms with Gasteiger partial charge in [0.2, 0.25) is 5.91 Å². The van der Waals surface area contributed by atoms with E-state index in [2.05, 4.69) is 36.2 Å². The van der Waals surface area contributed by atoms with Crippen LogP contribution in [0.1, 0.15) is 46.4 Å². The van der Waals surface area contributed by atoms with E-state index in [1.54, 1.807) is 11.0 Å². The molecule has 3 heterocycles. The van der Waals surface area contributed by atoms with Gasteiger partial charge in [-0.05, 0) is 58.2 Å². The Kier molecular flexibility index (Phi) is 6.14. The van der Waals surface area contributed by atoms with Crippen LogP contribution in [0.2, 0.25) is 0 Å². The molecule has 4 rings (SSSR count). The SMILES string of the molecule is Cc1cc(C)c(-c2cc(C(=O)N3CCCC[C@H]3C(=O)N3CCN(C)CC3)no2)c(C)c1. The number of carbonyl (C=O) groups excluding carboxylic acids is 2. The first-order valence-electron chi connectivity index (χ1n) is 11.2. The van der Waals surface area contributed by atoms with Gasteiger partial charge in [-0.25, -0.2) is 0 Å². The molecule has 1 aromatic carbocycles. The summed E-state index contributed by atoms with van der Waals surface area (Å²) in [5.41, 5.74) is 4.61. The van der Waals surface area contributed by atoms with Gasteiger partial charge >= 0.3 is 0 Å². The number of likely N-dealkylation sites (tertiary alicyclic amines) is 1. The molecule has 2 amide bonds. The molecule has 0 N–H and O–H groups in total. The van der Waals surface area contributed by atoms with E-state index in [-0.39, 0.29) is 17.5 Å². The lowest BCUT2D eigenvalue weighted by molar-refractivity contribution is -0.138. The van der Waals surface area contributed by atoms with Crippen LogP contribution in [0.25, 0.3) is 11.3 Å². The van der Waals surface area contributed by atoms with Crippen molar-refractivity contribution in [3.63, 3.8) is 0 Å². The fourth-order valence-corrected chi connectivity index (χ4v) is 4.88. The summed E-state index contributed by atoms with van der Waals surface area (Å²) < 4.78 is 5.59. The predicted octanol–water partition coefficient (Wildman–Crippen LogP) is 3.04. The summed E-state index contributed by atoms with van der Waals surface area (Å²) in [6.45, 7) is 9.88. The summed E-state index contributed by atoms with van der Waals surface area (Å²) in [6, 6.07) is 5.51. The second-order valence-corrected chi connectivity index (χ2v) is 8.99. The molecule has 7 heteroatoms. The van der Waals surface area contributed by atoms with E-state index in [9.17, 15) is 9.59 Å². The average molecular weight is 425 g/mol. The van der Waals surface area contributed by atoms with E-state index in [1.165, 1.54) is 5.56 Å². The Bertz CT molecular complexity index is 952. The predicted molar refractivity (Wildman–Crippen MR) is 119 cm³/mol. The molecular weight excluding hydrogens is 392 g/mol. The number of aryl methyl sites for hydroxylation is 3. The van der Waals surface area contributed by atoms with E-state index in [1.807, 2.05) is 18.7 Å². The van der Waals surface area contributed by atoms with Crippen molar-refractivity contribution in [2.45, 2.75) is 46.1 Å². The molecule has 7 nitrogen and oxygen atoms in total. The van der Waals surface area contributed by atoms with Crippen LogP contribution in [-0.4, -0.2) is 77.5 Å². The molecule has 2 aliphatic rings. The van der Waals surface area contributed by atoms with Crippen LogP contribution in [0.4, 0.5) is 0 Å². The molecule has 0 radical (unpaired) electrons. The highest BCUT2D eigenvalue weighted by Crippen LogP contribution is 2.30. The molecule has 0 aliphatic carbocycles. The number of rotatable bonds is 3. The fourth-order valence-electron chi connectivity index (χ4n) is 4.88. The van der Waals surface area contributed by atoms with Gasteiger partial charge in [0.05, 0.1) is 0 Å². The molecule has 1 aromatic heterocycles. The first kappa shape index (κ1) is 21.6. The van der Waals surface area contributed by atoms with Crippen LogP contribution in [0.3, 0.4) is 0 Å². The summed E-state index contributed by atoms with van der Waals surface area (Å²) in [5.74, 6) is 0.442. The first-order chi connectivity index (χ1) is 14.8. The van der Waals surface area contributed by atoms with E-state index in [0.29, 0.717) is 31.8 Å². The molecule has 0 bridgehead atoms. The number of carbonyl (C=O) groups is 2. The third-order valence-corrected chi connectivity index (χ3v) is 6.52. The fraction of sp³-hybridized carbons (Fsp3) is 0.542. The maximum Gasteiger partial charge on any atom is 0.276 e. The number of benzene rings is 1. The minimum Gasteiger partial charge on any atom is -0.355 e. The van der Waals surface area contributed by atoms with Crippen LogP contribution in [-0.2, 0) is 4.79 Å². The van der Waals surface area contributed by atoms with Crippen LogP contribution >= 0.6 is 0 Å². The maximum atomic E-state index is 13.3. The van der Waals surface area contributed by atoms with Crippen molar-refractivity contribution in [2.75, 3.05) is 39.8 Å². The number of amides is 2. The standard InChI is InChI=1S/C24H32N4O3/c1-16-13-17(2)22(18(3)14-16)21-15-19(25-31-21)23(29)28-8-6-5-7-20(28)24(30)27-11-9-26(4)10-12-27/h13-15,20H,5-12H2,1-4H3/t20-/m0/s1. The maximum absolute atomic E-state index is 13.3. The van der Waals surface area contributed by atoms with Crippen LogP contribution in [0, 0.1) is 20.8 Å². The van der Waals surface area contributed by atoms with E-state index < -0.39 is 6.04 Å². The van der Waals surface area contributed by atoms with Gasteiger partial charge in [0, 0.05) is 44.4 Å². The second-order valence-electron chi connectivity index (χ2n) is 8.99. The van der Waals surface area contributed by atoms with Gasteiger partial charge in [-0.2, -0.15) is 0 Å². The molecule has 0 saturated carbocycles. The van der Waals surface area contributed by atoms with Gasteiger partial charge < -0.3 is 19.2 Å². The molecule has 2 saturated heterocycles. The van der Waals surface area contributed by atoms with E-state index in [4.69, 9.17) is 4.52 Å². The average Bonchev–Trinajstić information content (AvgIpc) is 3.22. The Morgan fingerprint density at radius 3 is 2.32 bits per heavy atom. The second kappa shape index (κ2) is 8.83. The van der Waals surface area contributed by atoms with Crippen molar-refractivity contribution in [1.82, 2.24) is 19.9 Å². The topological polar surface area (TPSA) is 69.9 Å². The first-order valence-corrected chi connectivity index (χ1v) is 11.2. The smallest absolute Gasteiger partial charge is 0.276 e. The highest BCUT2D eigenvalue weighted by atomic mass is 16.5. The van der Waals surface area contributed by atoms with Gasteiger partial charge in [-0.1, -0.05) is 22.9 Å². The molecule has 2 fully saturated rings. The lowest BCUT2D eigenvalue weighted by atomic mass is 9.97. The summed E-state index contributed by atoms with van der Waals surface area (Å²) in [4.78, 5) is 32.4. The van der Waals surface area contributed by atoms with Crippen molar-refractivity contribution < 1.29 is 14.1 Å². The number of hydrogen-bond donors (Lipinski definition) is 0. The Labute approximate surface area is 184 Å². The van der Waals surface area contributed by atoms with Gasteiger partial charge in [-0.3, -0.25) is 9.59 Å². The zero-order valence-electron chi connectivity index (χ0n) is 19.0. The minimum atomic E-state index is -0.410. The van der Waals surface area contributed by atoms with Crippen LogP contribution < -0.4 is 0 Å². The number of piperidine rings is 1. The van der Waals surface area contributed by atoms with Crippen molar-refractivity contribution in [3.8, 4) is 11.3 Å². The van der Waals surface area contributed by atoms with Crippen molar-refractivity contribution in [1.29, 1.82) is 0 Å². The Morgan fingerprint density at radius 1 is 0.968 bits per heavy atom. The lowest BCUT2D eigenvalue weighted by Gasteiger charge is -2.39. The Morgan fingerprint density at radius 2 is 1.65 bits per heavy atom. The number of aromatic nitrogens is 1. The molecule has 166 valence electrons. The quantitative estimate of drug-likeness (QED) is 0.758. The summed E-state index contributed by atoms with van der Waals surface area (Å²) in [7, 11) is 2.07. The number of nitrogens with zero attached hydrogens (tertiary/aromatic N) is 4. The number of hydrogen-bond acceptors (Lipinski definition) is 5. The van der Waals surface area contributed by atoms with Crippen LogP contribution in [0.15, 0.2) is 22.7 Å². The number of piperazine rings is 1. The molecular formula is C24H32N4O3. The molecule has 0 spiro atoms. The van der Waals surface area contributed by atoms with Crippen molar-refractivity contribution in [3.05, 3.63) is 40.6 Å². The molecule has 0 unspecified atom stereocenters. The molecule has 31 heavy (non-hydrogen) atoms. The van der Waals surface area contributed by atoms with E-state index >= 15 is 0 Å². The lowest BCUT2D eigenvalue weighted by Crippen LogP contribution is -2.56. The summed E-state index contributed by atoms with van der Waals surface area (Å²) in [6.07, 6.45) is 2.57. The molecule has 1 atom stereocenters. The normalized spacial score (nSPS) is 20.2. The van der Waals surface area contributed by atoms with Gasteiger partial charge in [0.1, 0.15) is 6.04 Å². The van der Waals surface area contributed by atoms with Crippen LogP contribution in [0.5, 0.6) is 0 Å². The zero-order chi connectivity index (χ0) is 22.1. The largest absolute Gasteiger partial charge is 0.355 e. The van der Waals surface area contributed by atoms with Crippen molar-refractivity contribution >= 4 is 11.8 Å². The Balaban J connectivity index is 1.55. The highest BCUT2D eigenvalue weighted by molar-refractivity contribution is 5.97. The summed E-state index contributed by atoms with van der Waals surface area (Å²) >= 11 is 0. The monoisotopic (exact) mass is 424 g/mol. The van der Waals surface area contributed by atoms with E-state index in [0.717, 1.165) is 42.6 Å². The third-order valence-electron chi connectivity index (χ3n) is 6.52. The summed E-state index contributed by atoms with van der Waals surface area (Å²) in [5, 5.41) is 4.09. The molecule has 2 aliphatic heterocycles. The van der Waals surface area contributed by atoms with Crippen molar-refractivity contribution in [2.24, 2.45) is 0 Å².